The molecule has 0 aromatic heterocycles. The fourth-order valence-corrected chi connectivity index (χ4v) is 2.29. The van der Waals surface area contributed by atoms with Crippen LogP contribution in [-0.4, -0.2) is 21.9 Å². The molecular formula is C15H20O3. The number of phenols is 1. The van der Waals surface area contributed by atoms with E-state index in [-0.39, 0.29) is 11.7 Å². The number of aryl methyl sites for hydroxylation is 1. The van der Waals surface area contributed by atoms with E-state index in [1.165, 1.54) is 0 Å². The van der Waals surface area contributed by atoms with Crippen molar-refractivity contribution in [2.45, 2.75) is 44.8 Å². The summed E-state index contributed by atoms with van der Waals surface area (Å²) in [5.74, 6) is 0.957. The van der Waals surface area contributed by atoms with Crippen LogP contribution in [0.3, 0.4) is 0 Å². The predicted octanol–water partition coefficient (Wildman–Crippen LogP) is 2.89. The van der Waals surface area contributed by atoms with Gasteiger partial charge in [0.1, 0.15) is 17.1 Å². The first-order valence-corrected chi connectivity index (χ1v) is 6.18. The van der Waals surface area contributed by atoms with Crippen molar-refractivity contribution in [3.63, 3.8) is 0 Å². The van der Waals surface area contributed by atoms with Gasteiger partial charge in [-0.15, -0.1) is 6.58 Å². The van der Waals surface area contributed by atoms with Crippen molar-refractivity contribution in [3.05, 3.63) is 35.9 Å². The quantitative estimate of drug-likeness (QED) is 0.751. The highest BCUT2D eigenvalue weighted by atomic mass is 16.5. The number of allylic oxidation sites excluding steroid dienone is 1. The summed E-state index contributed by atoms with van der Waals surface area (Å²) in [5, 5.41) is 20.0. The molecule has 2 N–H and O–H groups in total. The molecule has 0 radical (unpaired) electrons. The fourth-order valence-electron chi connectivity index (χ4n) is 2.29. The summed E-state index contributed by atoms with van der Waals surface area (Å²) in [7, 11) is 0. The molecular weight excluding hydrogens is 228 g/mol. The summed E-state index contributed by atoms with van der Waals surface area (Å²) < 4.78 is 5.92. The van der Waals surface area contributed by atoms with E-state index >= 15 is 0 Å². The van der Waals surface area contributed by atoms with Gasteiger partial charge >= 0.3 is 0 Å². The maximum Gasteiger partial charge on any atom is 0.129 e. The molecule has 18 heavy (non-hydrogen) atoms. The number of hydrogen-bond acceptors (Lipinski definition) is 3. The van der Waals surface area contributed by atoms with Crippen molar-refractivity contribution in [2.75, 3.05) is 0 Å². The molecule has 0 fully saturated rings. The first-order valence-electron chi connectivity index (χ1n) is 6.18. The van der Waals surface area contributed by atoms with Crippen LogP contribution >= 0.6 is 0 Å². The number of fused-ring (bicyclic) bond motifs is 1. The topological polar surface area (TPSA) is 49.7 Å². The maximum atomic E-state index is 10.2. The van der Waals surface area contributed by atoms with Gasteiger partial charge in [-0.05, 0) is 44.9 Å². The second kappa shape index (κ2) is 4.32. The van der Waals surface area contributed by atoms with Crippen molar-refractivity contribution in [3.8, 4) is 11.5 Å². The van der Waals surface area contributed by atoms with Gasteiger partial charge in [0.2, 0.25) is 0 Å². The number of aliphatic hydroxyl groups excluding tert-OH is 1. The van der Waals surface area contributed by atoms with E-state index in [9.17, 15) is 10.2 Å². The summed E-state index contributed by atoms with van der Waals surface area (Å²) in [6.45, 7) is 9.38. The number of phenolic OH excluding ortho intramolecular Hbond substituents is 1. The summed E-state index contributed by atoms with van der Waals surface area (Å²) in [6.07, 6.45) is 1.77. The second-order valence-electron chi connectivity index (χ2n) is 5.48. The number of hydrogen-bond donors (Lipinski definition) is 2. The third-order valence-electron chi connectivity index (χ3n) is 3.67. The van der Waals surface area contributed by atoms with Gasteiger partial charge in [-0.3, -0.25) is 0 Å². The number of aromatic hydroxyl groups is 1. The molecule has 0 amide bonds. The minimum absolute atomic E-state index is 0.0109. The minimum Gasteiger partial charge on any atom is -0.508 e. The monoisotopic (exact) mass is 248 g/mol. The number of rotatable bonds is 1. The van der Waals surface area contributed by atoms with Crippen molar-refractivity contribution in [1.82, 2.24) is 0 Å². The smallest absolute Gasteiger partial charge is 0.129 e. The van der Waals surface area contributed by atoms with Gasteiger partial charge in [-0.25, -0.2) is 0 Å². The molecule has 1 aliphatic rings. The fraction of sp³-hybridized carbons (Fsp3) is 0.467. The minimum atomic E-state index is -0.643. The Morgan fingerprint density at radius 2 is 2.11 bits per heavy atom. The SMILES string of the molecule is C=C[C@H]1C[C@@H](O)C(C)(C)Oc2cc(C)c(O)cc21. The Morgan fingerprint density at radius 1 is 1.44 bits per heavy atom. The van der Waals surface area contributed by atoms with Gasteiger partial charge in [0.25, 0.3) is 0 Å². The standard InChI is InChI=1S/C15H20O3/c1-5-10-7-14(17)15(3,4)18-13-6-9(2)12(16)8-11(10)13/h5-6,8,10,14,16-17H,1,7H2,2-4H3/t10-,14+/m0/s1. The Balaban J connectivity index is 2.57. The van der Waals surface area contributed by atoms with Gasteiger partial charge in [0, 0.05) is 11.5 Å². The Bertz CT molecular complexity index is 477. The first-order chi connectivity index (χ1) is 8.35. The van der Waals surface area contributed by atoms with Crippen molar-refractivity contribution in [2.24, 2.45) is 0 Å². The zero-order chi connectivity index (χ0) is 13.5. The molecule has 1 aliphatic heterocycles. The lowest BCUT2D eigenvalue weighted by Gasteiger charge is -2.29. The van der Waals surface area contributed by atoms with Crippen LogP contribution in [0.1, 0.15) is 37.3 Å². The summed E-state index contributed by atoms with van der Waals surface area (Å²) >= 11 is 0. The maximum absolute atomic E-state index is 10.2. The highest BCUT2D eigenvalue weighted by Gasteiger charge is 2.36. The Labute approximate surface area is 108 Å². The molecule has 0 unspecified atom stereocenters. The molecule has 0 saturated carbocycles. The highest BCUT2D eigenvalue weighted by molar-refractivity contribution is 5.49. The second-order valence-corrected chi connectivity index (χ2v) is 5.48. The lowest BCUT2D eigenvalue weighted by molar-refractivity contribution is -0.0273. The molecule has 1 aromatic rings. The summed E-state index contributed by atoms with van der Waals surface area (Å²) in [5.41, 5.74) is 1.01. The molecule has 0 bridgehead atoms. The average molecular weight is 248 g/mol. The zero-order valence-electron chi connectivity index (χ0n) is 11.1. The molecule has 0 saturated heterocycles. The number of benzene rings is 1. The van der Waals surface area contributed by atoms with E-state index in [1.807, 2.05) is 26.8 Å². The van der Waals surface area contributed by atoms with Crippen molar-refractivity contribution < 1.29 is 14.9 Å². The third kappa shape index (κ3) is 2.10. The van der Waals surface area contributed by atoms with Crippen molar-refractivity contribution >= 4 is 0 Å². The Kier molecular flexibility index (Phi) is 3.11. The van der Waals surface area contributed by atoms with Gasteiger partial charge in [0.05, 0.1) is 6.10 Å². The van der Waals surface area contributed by atoms with Gasteiger partial charge in [-0.1, -0.05) is 6.08 Å². The van der Waals surface area contributed by atoms with E-state index in [0.717, 1.165) is 16.9 Å². The molecule has 1 heterocycles. The summed E-state index contributed by atoms with van der Waals surface area (Å²) in [6, 6.07) is 3.53. The molecule has 0 spiro atoms. The zero-order valence-corrected chi connectivity index (χ0v) is 11.1. The molecule has 0 aliphatic carbocycles. The van der Waals surface area contributed by atoms with Crippen LogP contribution in [0, 0.1) is 6.92 Å². The molecule has 98 valence electrons. The van der Waals surface area contributed by atoms with Crippen LogP contribution in [0.15, 0.2) is 24.8 Å². The van der Waals surface area contributed by atoms with E-state index in [0.29, 0.717) is 6.42 Å². The van der Waals surface area contributed by atoms with Crippen LogP contribution < -0.4 is 4.74 Å². The van der Waals surface area contributed by atoms with Crippen molar-refractivity contribution in [1.29, 1.82) is 0 Å². The van der Waals surface area contributed by atoms with E-state index in [4.69, 9.17) is 4.74 Å². The Hall–Kier alpha value is -1.48. The predicted molar refractivity (Wildman–Crippen MR) is 71.1 cm³/mol. The summed E-state index contributed by atoms with van der Waals surface area (Å²) in [4.78, 5) is 0. The van der Waals surface area contributed by atoms with E-state index in [2.05, 4.69) is 6.58 Å². The Morgan fingerprint density at radius 3 is 2.72 bits per heavy atom. The van der Waals surface area contributed by atoms with Gasteiger partial charge < -0.3 is 14.9 Å². The third-order valence-corrected chi connectivity index (χ3v) is 3.67. The number of aliphatic hydroxyl groups is 1. The van der Waals surface area contributed by atoms with Crippen LogP contribution in [-0.2, 0) is 0 Å². The molecule has 3 heteroatoms. The van der Waals surface area contributed by atoms with Crippen LogP contribution in [0.4, 0.5) is 0 Å². The molecule has 3 nitrogen and oxygen atoms in total. The molecule has 1 aromatic carbocycles. The van der Waals surface area contributed by atoms with Gasteiger partial charge in [0.15, 0.2) is 0 Å². The van der Waals surface area contributed by atoms with Crippen LogP contribution in [0.2, 0.25) is 0 Å². The largest absolute Gasteiger partial charge is 0.508 e. The average Bonchev–Trinajstić information content (AvgIpc) is 2.37. The van der Waals surface area contributed by atoms with Crippen LogP contribution in [0.5, 0.6) is 11.5 Å². The van der Waals surface area contributed by atoms with Gasteiger partial charge in [-0.2, -0.15) is 0 Å². The molecule has 2 atom stereocenters. The lowest BCUT2D eigenvalue weighted by atomic mass is 9.88. The van der Waals surface area contributed by atoms with E-state index in [1.54, 1.807) is 12.1 Å². The van der Waals surface area contributed by atoms with E-state index < -0.39 is 11.7 Å². The highest BCUT2D eigenvalue weighted by Crippen LogP contribution is 2.41. The lowest BCUT2D eigenvalue weighted by Crippen LogP contribution is -2.41. The molecule has 2 rings (SSSR count). The first kappa shape index (κ1) is 13.0. The normalized spacial score (nSPS) is 25.8. The van der Waals surface area contributed by atoms with Crippen LogP contribution in [0.25, 0.3) is 0 Å². The number of ether oxygens (including phenoxy) is 1.